The van der Waals surface area contributed by atoms with Crippen LogP contribution in [0, 0.1) is 0 Å². The smallest absolute Gasteiger partial charge is 0.270 e. The first kappa shape index (κ1) is 9.75. The fourth-order valence-corrected chi connectivity index (χ4v) is 4.08. The van der Waals surface area contributed by atoms with Gasteiger partial charge in [-0.15, -0.1) is 0 Å². The Kier molecular flexibility index (Phi) is 1.81. The number of nitrogens with zero attached hydrogens (tertiary/aromatic N) is 2. The number of likely N-dealkylation sites (N-methyl/N-ethyl adjacent to an activating group) is 1. The summed E-state index contributed by atoms with van der Waals surface area (Å²) in [7, 11) is 0. The molecule has 3 nitrogen and oxygen atoms in total. The molecule has 2 atom stereocenters. The molecule has 1 fully saturated rings. The second kappa shape index (κ2) is 3.15. The van der Waals surface area contributed by atoms with Gasteiger partial charge in [0.1, 0.15) is 5.69 Å². The summed E-state index contributed by atoms with van der Waals surface area (Å²) in [5, 5.41) is 0. The summed E-state index contributed by atoms with van der Waals surface area (Å²) < 4.78 is 2.33. The summed E-state index contributed by atoms with van der Waals surface area (Å²) in [6, 6.07) is 2.20. The van der Waals surface area contributed by atoms with Gasteiger partial charge in [0, 0.05) is 31.2 Å². The zero-order valence-electron chi connectivity index (χ0n) is 10.3. The summed E-state index contributed by atoms with van der Waals surface area (Å²) in [6.07, 6.45) is 4.02. The van der Waals surface area contributed by atoms with Gasteiger partial charge in [-0.25, -0.2) is 0 Å². The molecule has 1 aliphatic heterocycles. The second-order valence-electron chi connectivity index (χ2n) is 5.61. The number of carbonyl (C=O) groups excluding carboxylic acids is 1. The average Bonchev–Trinajstić information content (AvgIpc) is 3.00. The number of fused-ring (bicyclic) bond motifs is 7. The molecule has 1 saturated carbocycles. The predicted molar refractivity (Wildman–Crippen MR) is 65.3 cm³/mol. The van der Waals surface area contributed by atoms with E-state index in [0.717, 1.165) is 37.2 Å². The minimum absolute atomic E-state index is 0.243. The van der Waals surface area contributed by atoms with Crippen molar-refractivity contribution in [3.05, 3.63) is 23.0 Å². The van der Waals surface area contributed by atoms with E-state index >= 15 is 0 Å². The van der Waals surface area contributed by atoms with Gasteiger partial charge in [0.15, 0.2) is 0 Å². The van der Waals surface area contributed by atoms with E-state index in [0.29, 0.717) is 0 Å². The van der Waals surface area contributed by atoms with E-state index in [1.807, 2.05) is 4.90 Å². The van der Waals surface area contributed by atoms with Gasteiger partial charge in [-0.3, -0.25) is 4.79 Å². The van der Waals surface area contributed by atoms with Crippen LogP contribution in [0.25, 0.3) is 0 Å². The fourth-order valence-electron chi connectivity index (χ4n) is 4.08. The maximum absolute atomic E-state index is 12.3. The predicted octanol–water partition coefficient (Wildman–Crippen LogP) is 2.33. The molecule has 2 aliphatic carbocycles. The summed E-state index contributed by atoms with van der Waals surface area (Å²) in [5.74, 6) is 1.76. The Morgan fingerprint density at radius 2 is 2.12 bits per heavy atom. The SMILES string of the molecule is CCN1CCn2c(cc3c2C2CCC3C2)C1=O. The zero-order chi connectivity index (χ0) is 11.6. The molecular weight excluding hydrogens is 212 g/mol. The molecule has 2 heterocycles. The molecule has 17 heavy (non-hydrogen) atoms. The highest BCUT2D eigenvalue weighted by Crippen LogP contribution is 2.54. The molecule has 0 radical (unpaired) electrons. The third-order valence-corrected chi connectivity index (χ3v) is 4.91. The van der Waals surface area contributed by atoms with Gasteiger partial charge in [0.2, 0.25) is 0 Å². The van der Waals surface area contributed by atoms with Crippen molar-refractivity contribution in [2.75, 3.05) is 13.1 Å². The third-order valence-electron chi connectivity index (χ3n) is 4.91. The maximum atomic E-state index is 12.3. The Labute approximate surface area is 101 Å². The van der Waals surface area contributed by atoms with Crippen LogP contribution in [-0.4, -0.2) is 28.5 Å². The van der Waals surface area contributed by atoms with Crippen molar-refractivity contribution in [3.8, 4) is 0 Å². The van der Waals surface area contributed by atoms with Gasteiger partial charge in [0.05, 0.1) is 0 Å². The highest BCUT2D eigenvalue weighted by Gasteiger charge is 2.42. The molecule has 0 N–H and O–H groups in total. The van der Waals surface area contributed by atoms with Crippen LogP contribution in [0.5, 0.6) is 0 Å². The third kappa shape index (κ3) is 1.10. The molecule has 3 heteroatoms. The van der Waals surface area contributed by atoms with Crippen LogP contribution in [0.1, 0.15) is 59.8 Å². The molecule has 2 bridgehead atoms. The summed E-state index contributed by atoms with van der Waals surface area (Å²) in [4.78, 5) is 14.3. The van der Waals surface area contributed by atoms with E-state index in [-0.39, 0.29) is 5.91 Å². The lowest BCUT2D eigenvalue weighted by molar-refractivity contribution is 0.0713. The van der Waals surface area contributed by atoms with E-state index in [1.54, 1.807) is 0 Å². The molecular formula is C14H18N2O. The van der Waals surface area contributed by atoms with Gasteiger partial charge in [-0.2, -0.15) is 0 Å². The molecule has 1 aromatic rings. The molecule has 4 rings (SSSR count). The Hall–Kier alpha value is -1.25. The number of rotatable bonds is 1. The van der Waals surface area contributed by atoms with E-state index in [9.17, 15) is 4.79 Å². The lowest BCUT2D eigenvalue weighted by Gasteiger charge is -2.29. The first-order valence-electron chi connectivity index (χ1n) is 6.82. The largest absolute Gasteiger partial charge is 0.338 e. The number of hydrogen-bond donors (Lipinski definition) is 0. The molecule has 90 valence electrons. The first-order valence-corrected chi connectivity index (χ1v) is 6.82. The maximum Gasteiger partial charge on any atom is 0.270 e. The highest BCUT2D eigenvalue weighted by molar-refractivity contribution is 5.94. The monoisotopic (exact) mass is 230 g/mol. The summed E-state index contributed by atoms with van der Waals surface area (Å²) >= 11 is 0. The molecule has 2 unspecified atom stereocenters. The van der Waals surface area contributed by atoms with Crippen LogP contribution in [0.4, 0.5) is 0 Å². The van der Waals surface area contributed by atoms with Gasteiger partial charge in [0.25, 0.3) is 5.91 Å². The molecule has 0 spiro atoms. The minimum atomic E-state index is 0.243. The second-order valence-corrected chi connectivity index (χ2v) is 5.61. The molecule has 1 amide bonds. The number of hydrogen-bond acceptors (Lipinski definition) is 1. The van der Waals surface area contributed by atoms with Crippen LogP contribution < -0.4 is 0 Å². The Bertz CT molecular complexity index is 503. The van der Waals surface area contributed by atoms with Gasteiger partial charge >= 0.3 is 0 Å². The topological polar surface area (TPSA) is 25.2 Å². The number of carbonyl (C=O) groups is 1. The van der Waals surface area contributed by atoms with Gasteiger partial charge in [-0.05, 0) is 43.7 Å². The zero-order valence-corrected chi connectivity index (χ0v) is 10.3. The van der Waals surface area contributed by atoms with Crippen molar-refractivity contribution < 1.29 is 4.79 Å². The fraction of sp³-hybridized carbons (Fsp3) is 0.643. The Balaban J connectivity index is 1.85. The molecule has 1 aromatic heterocycles. The van der Waals surface area contributed by atoms with E-state index in [2.05, 4.69) is 17.6 Å². The summed E-state index contributed by atoms with van der Waals surface area (Å²) in [5.41, 5.74) is 3.97. The lowest BCUT2D eigenvalue weighted by atomic mass is 9.98. The first-order chi connectivity index (χ1) is 8.29. The number of aromatic nitrogens is 1. The van der Waals surface area contributed by atoms with Crippen LogP contribution in [0.2, 0.25) is 0 Å². The minimum Gasteiger partial charge on any atom is -0.338 e. The molecule has 3 aliphatic rings. The highest BCUT2D eigenvalue weighted by atomic mass is 16.2. The van der Waals surface area contributed by atoms with Crippen LogP contribution >= 0.6 is 0 Å². The van der Waals surface area contributed by atoms with Crippen molar-refractivity contribution in [2.45, 2.75) is 44.6 Å². The van der Waals surface area contributed by atoms with Crippen molar-refractivity contribution in [1.29, 1.82) is 0 Å². The van der Waals surface area contributed by atoms with Crippen molar-refractivity contribution >= 4 is 5.91 Å². The van der Waals surface area contributed by atoms with E-state index in [1.165, 1.54) is 30.5 Å². The van der Waals surface area contributed by atoms with E-state index in [4.69, 9.17) is 0 Å². The molecule has 0 aromatic carbocycles. The van der Waals surface area contributed by atoms with Crippen molar-refractivity contribution in [2.24, 2.45) is 0 Å². The number of amides is 1. The van der Waals surface area contributed by atoms with Crippen molar-refractivity contribution in [1.82, 2.24) is 9.47 Å². The van der Waals surface area contributed by atoms with Crippen LogP contribution in [-0.2, 0) is 6.54 Å². The van der Waals surface area contributed by atoms with Crippen molar-refractivity contribution in [3.63, 3.8) is 0 Å². The van der Waals surface area contributed by atoms with E-state index < -0.39 is 0 Å². The van der Waals surface area contributed by atoms with Gasteiger partial charge < -0.3 is 9.47 Å². The quantitative estimate of drug-likeness (QED) is 0.727. The van der Waals surface area contributed by atoms with Crippen LogP contribution in [0.3, 0.4) is 0 Å². The lowest BCUT2D eigenvalue weighted by Crippen LogP contribution is -2.40. The summed E-state index contributed by atoms with van der Waals surface area (Å²) in [6.45, 7) is 4.80. The Morgan fingerprint density at radius 3 is 2.94 bits per heavy atom. The standard InChI is InChI=1S/C14H18N2O/c1-2-15-5-6-16-12(14(15)17)8-11-9-3-4-10(7-9)13(11)16/h8-10H,2-7H2,1H3. The normalized spacial score (nSPS) is 29.7. The molecule has 0 saturated heterocycles. The average molecular weight is 230 g/mol. The Morgan fingerprint density at radius 1 is 1.29 bits per heavy atom. The van der Waals surface area contributed by atoms with Gasteiger partial charge in [-0.1, -0.05) is 0 Å². The van der Waals surface area contributed by atoms with Crippen LogP contribution in [0.15, 0.2) is 6.07 Å².